The second-order valence-corrected chi connectivity index (χ2v) is 8.09. The van der Waals surface area contributed by atoms with E-state index in [4.69, 9.17) is 0 Å². The number of benzene rings is 1. The van der Waals surface area contributed by atoms with E-state index in [0.717, 1.165) is 48.6 Å². The van der Waals surface area contributed by atoms with E-state index in [1.807, 2.05) is 36.4 Å². The van der Waals surface area contributed by atoms with Gasteiger partial charge in [-0.2, -0.15) is 0 Å². The standard InChI is InChI=1S/C25H29N5O/c1-2-3-5-19-7-9-22(10-8-19)27-25(31)21-6-4-17-30(18-21)24-12-11-23(28-29-24)20-13-15-26-16-14-20/h7-16,21H,2-6,17-18H2,1H3,(H,27,31). The van der Waals surface area contributed by atoms with Crippen LogP contribution in [0.25, 0.3) is 11.3 Å². The number of nitrogens with one attached hydrogen (secondary N) is 1. The third-order valence-corrected chi connectivity index (χ3v) is 5.78. The van der Waals surface area contributed by atoms with Crippen LogP contribution < -0.4 is 10.2 Å². The fourth-order valence-corrected chi connectivity index (χ4v) is 3.95. The van der Waals surface area contributed by atoms with E-state index in [2.05, 4.69) is 44.5 Å². The smallest absolute Gasteiger partial charge is 0.229 e. The van der Waals surface area contributed by atoms with Gasteiger partial charge in [-0.15, -0.1) is 10.2 Å². The summed E-state index contributed by atoms with van der Waals surface area (Å²) in [5.74, 6) is 0.832. The number of aryl methyl sites for hydroxylation is 1. The fourth-order valence-electron chi connectivity index (χ4n) is 3.95. The molecule has 0 spiro atoms. The molecular weight excluding hydrogens is 386 g/mol. The quantitative estimate of drug-likeness (QED) is 0.604. The first-order valence-electron chi connectivity index (χ1n) is 11.1. The predicted octanol–water partition coefficient (Wildman–Crippen LogP) is 4.74. The van der Waals surface area contributed by atoms with Crippen LogP contribution in [0.15, 0.2) is 60.9 Å². The topological polar surface area (TPSA) is 71.0 Å². The lowest BCUT2D eigenvalue weighted by atomic mass is 9.97. The van der Waals surface area contributed by atoms with Crippen molar-refractivity contribution in [3.63, 3.8) is 0 Å². The molecule has 0 bridgehead atoms. The molecule has 4 rings (SSSR count). The Morgan fingerprint density at radius 2 is 1.87 bits per heavy atom. The Balaban J connectivity index is 1.36. The van der Waals surface area contributed by atoms with Crippen LogP contribution >= 0.6 is 0 Å². The minimum Gasteiger partial charge on any atom is -0.354 e. The molecule has 6 nitrogen and oxygen atoms in total. The van der Waals surface area contributed by atoms with Crippen LogP contribution in [-0.2, 0) is 11.2 Å². The number of pyridine rings is 1. The van der Waals surface area contributed by atoms with Gasteiger partial charge in [-0.1, -0.05) is 25.5 Å². The molecule has 1 atom stereocenters. The van der Waals surface area contributed by atoms with Crippen molar-refractivity contribution in [2.45, 2.75) is 39.0 Å². The highest BCUT2D eigenvalue weighted by molar-refractivity contribution is 5.93. The molecule has 1 saturated heterocycles. The van der Waals surface area contributed by atoms with E-state index < -0.39 is 0 Å². The molecule has 6 heteroatoms. The van der Waals surface area contributed by atoms with E-state index in [-0.39, 0.29) is 11.8 Å². The third-order valence-electron chi connectivity index (χ3n) is 5.78. The molecule has 2 aromatic heterocycles. The maximum absolute atomic E-state index is 12.9. The van der Waals surface area contributed by atoms with Gasteiger partial charge in [0, 0.05) is 36.7 Å². The van der Waals surface area contributed by atoms with Crippen LogP contribution in [-0.4, -0.2) is 34.2 Å². The van der Waals surface area contributed by atoms with Crippen LogP contribution in [0, 0.1) is 5.92 Å². The van der Waals surface area contributed by atoms with E-state index >= 15 is 0 Å². The first-order valence-corrected chi connectivity index (χ1v) is 11.1. The second kappa shape index (κ2) is 10.2. The monoisotopic (exact) mass is 415 g/mol. The van der Waals surface area contributed by atoms with Crippen molar-refractivity contribution in [3.05, 3.63) is 66.5 Å². The Hall–Kier alpha value is -3.28. The molecule has 3 heterocycles. The van der Waals surface area contributed by atoms with E-state index in [1.165, 1.54) is 18.4 Å². The van der Waals surface area contributed by atoms with Gasteiger partial charge in [-0.25, -0.2) is 0 Å². The second-order valence-electron chi connectivity index (χ2n) is 8.09. The minimum atomic E-state index is -0.0600. The molecule has 0 aliphatic carbocycles. The highest BCUT2D eigenvalue weighted by Gasteiger charge is 2.26. The molecule has 1 fully saturated rings. The lowest BCUT2D eigenvalue weighted by Gasteiger charge is -2.32. The zero-order chi connectivity index (χ0) is 21.5. The summed E-state index contributed by atoms with van der Waals surface area (Å²) in [5.41, 5.74) is 3.99. The number of hydrogen-bond donors (Lipinski definition) is 1. The van der Waals surface area contributed by atoms with Crippen molar-refractivity contribution in [3.8, 4) is 11.3 Å². The molecule has 160 valence electrons. The number of carbonyl (C=O) groups is 1. The summed E-state index contributed by atoms with van der Waals surface area (Å²) in [6.45, 7) is 3.74. The molecule has 3 aromatic rings. The number of nitrogens with zero attached hydrogens (tertiary/aromatic N) is 4. The number of carbonyl (C=O) groups excluding carboxylic acids is 1. The lowest BCUT2D eigenvalue weighted by Crippen LogP contribution is -2.41. The molecule has 0 saturated carbocycles. The predicted molar refractivity (Wildman–Crippen MR) is 124 cm³/mol. The highest BCUT2D eigenvalue weighted by atomic mass is 16.1. The first kappa shape index (κ1) is 21.0. The van der Waals surface area contributed by atoms with Crippen molar-refractivity contribution in [1.82, 2.24) is 15.2 Å². The van der Waals surface area contributed by atoms with E-state index in [0.29, 0.717) is 6.54 Å². The number of rotatable bonds is 7. The highest BCUT2D eigenvalue weighted by Crippen LogP contribution is 2.24. The number of anilines is 2. The Morgan fingerprint density at radius 3 is 2.58 bits per heavy atom. The van der Waals surface area contributed by atoms with Crippen LogP contribution in [0.3, 0.4) is 0 Å². The normalized spacial score (nSPS) is 16.2. The average Bonchev–Trinajstić information content (AvgIpc) is 2.84. The summed E-state index contributed by atoms with van der Waals surface area (Å²) in [6, 6.07) is 16.0. The maximum Gasteiger partial charge on any atom is 0.229 e. The Labute approximate surface area is 183 Å². The van der Waals surface area contributed by atoms with Gasteiger partial charge in [0.1, 0.15) is 0 Å². The van der Waals surface area contributed by atoms with Gasteiger partial charge in [-0.3, -0.25) is 9.78 Å². The van der Waals surface area contributed by atoms with Crippen molar-refractivity contribution >= 4 is 17.4 Å². The Morgan fingerprint density at radius 1 is 1.06 bits per heavy atom. The maximum atomic E-state index is 12.9. The van der Waals surface area contributed by atoms with E-state index in [9.17, 15) is 4.79 Å². The minimum absolute atomic E-state index is 0.0600. The van der Waals surface area contributed by atoms with Gasteiger partial charge in [-0.05, 0) is 67.6 Å². The average molecular weight is 416 g/mol. The summed E-state index contributed by atoms with van der Waals surface area (Å²) in [5, 5.41) is 11.9. The molecule has 0 radical (unpaired) electrons. The molecule has 1 aliphatic rings. The number of unbranched alkanes of at least 4 members (excludes halogenated alkanes) is 1. The van der Waals surface area contributed by atoms with Crippen LogP contribution in [0.2, 0.25) is 0 Å². The molecular formula is C25H29N5O. The Kier molecular flexibility index (Phi) is 6.87. The zero-order valence-corrected chi connectivity index (χ0v) is 18.0. The largest absolute Gasteiger partial charge is 0.354 e. The fraction of sp³-hybridized carbons (Fsp3) is 0.360. The van der Waals surface area contributed by atoms with Crippen LogP contribution in [0.1, 0.15) is 38.2 Å². The number of hydrogen-bond acceptors (Lipinski definition) is 5. The number of amides is 1. The van der Waals surface area contributed by atoms with Crippen molar-refractivity contribution in [2.24, 2.45) is 5.92 Å². The van der Waals surface area contributed by atoms with Gasteiger partial charge in [0.05, 0.1) is 11.6 Å². The van der Waals surface area contributed by atoms with Crippen molar-refractivity contribution in [2.75, 3.05) is 23.3 Å². The Bertz CT molecular complexity index is 973. The van der Waals surface area contributed by atoms with Crippen molar-refractivity contribution in [1.29, 1.82) is 0 Å². The van der Waals surface area contributed by atoms with Gasteiger partial charge in [0.15, 0.2) is 5.82 Å². The molecule has 1 unspecified atom stereocenters. The summed E-state index contributed by atoms with van der Waals surface area (Å²) < 4.78 is 0. The zero-order valence-electron chi connectivity index (χ0n) is 18.0. The van der Waals surface area contributed by atoms with E-state index in [1.54, 1.807) is 12.4 Å². The summed E-state index contributed by atoms with van der Waals surface area (Å²) in [6.07, 6.45) is 8.81. The summed E-state index contributed by atoms with van der Waals surface area (Å²) in [7, 11) is 0. The van der Waals surface area contributed by atoms with Gasteiger partial charge in [0.25, 0.3) is 0 Å². The molecule has 1 aromatic carbocycles. The van der Waals surface area contributed by atoms with Gasteiger partial charge in [0.2, 0.25) is 5.91 Å². The molecule has 1 amide bonds. The van der Waals surface area contributed by atoms with Gasteiger partial charge < -0.3 is 10.2 Å². The van der Waals surface area contributed by atoms with Crippen molar-refractivity contribution < 1.29 is 4.79 Å². The summed E-state index contributed by atoms with van der Waals surface area (Å²) >= 11 is 0. The lowest BCUT2D eigenvalue weighted by molar-refractivity contribution is -0.120. The van der Waals surface area contributed by atoms with Gasteiger partial charge >= 0.3 is 0 Å². The summed E-state index contributed by atoms with van der Waals surface area (Å²) in [4.78, 5) is 19.1. The first-order chi connectivity index (χ1) is 15.2. The van der Waals surface area contributed by atoms with Crippen LogP contribution in [0.5, 0.6) is 0 Å². The SMILES string of the molecule is CCCCc1ccc(NC(=O)C2CCCN(c3ccc(-c4ccncc4)nn3)C2)cc1. The molecule has 1 N–H and O–H groups in total. The number of piperidine rings is 1. The molecule has 1 aliphatic heterocycles. The number of aromatic nitrogens is 3. The third kappa shape index (κ3) is 5.45. The molecule has 31 heavy (non-hydrogen) atoms. The van der Waals surface area contributed by atoms with Crippen LogP contribution in [0.4, 0.5) is 11.5 Å².